The van der Waals surface area contributed by atoms with Crippen LogP contribution in [-0.2, 0) is 11.2 Å². The van der Waals surface area contributed by atoms with Gasteiger partial charge in [0.1, 0.15) is 0 Å². The maximum Gasteiger partial charge on any atom is 0.319 e. The van der Waals surface area contributed by atoms with Gasteiger partial charge in [0.15, 0.2) is 0 Å². The topological polar surface area (TPSA) is 70.6 Å². The predicted molar refractivity (Wildman–Crippen MR) is 89.2 cm³/mol. The highest BCUT2D eigenvalue weighted by Crippen LogP contribution is 2.20. The number of hydrogen-bond acceptors (Lipinski definition) is 3. The van der Waals surface area contributed by atoms with Crippen LogP contribution in [0.1, 0.15) is 31.9 Å². The molecule has 0 aliphatic rings. The van der Waals surface area contributed by atoms with Gasteiger partial charge in [0.25, 0.3) is 0 Å². The summed E-state index contributed by atoms with van der Waals surface area (Å²) in [6.07, 6.45) is 0.148. The maximum absolute atomic E-state index is 11.9. The maximum atomic E-state index is 11.9. The van der Waals surface area contributed by atoms with Crippen molar-refractivity contribution < 1.29 is 14.6 Å². The largest absolute Gasteiger partial charge is 0.389 e. The lowest BCUT2D eigenvalue weighted by atomic mass is 10.1. The summed E-state index contributed by atoms with van der Waals surface area (Å²) in [4.78, 5) is 11.9. The van der Waals surface area contributed by atoms with Crippen LogP contribution in [0, 0.1) is 12.8 Å². The Labute approximate surface area is 133 Å². The Hall–Kier alpha value is -1.59. The molecule has 0 spiro atoms. The summed E-state index contributed by atoms with van der Waals surface area (Å²) in [5, 5.41) is 15.3. The minimum absolute atomic E-state index is 0.164. The summed E-state index contributed by atoms with van der Waals surface area (Å²) < 4.78 is 5.34. The SMILES string of the molecule is CCc1cccc(C)c1NC(=O)NCC(O)COCC(C)C. The van der Waals surface area contributed by atoms with Crippen LogP contribution in [-0.4, -0.2) is 37.0 Å². The number of anilines is 1. The number of ether oxygens (including phenoxy) is 1. The van der Waals surface area contributed by atoms with E-state index in [1.165, 1.54) is 0 Å². The summed E-state index contributed by atoms with van der Waals surface area (Å²) in [7, 11) is 0. The van der Waals surface area contributed by atoms with Crippen molar-refractivity contribution in [3.8, 4) is 0 Å². The van der Waals surface area contributed by atoms with Gasteiger partial charge in [-0.25, -0.2) is 4.79 Å². The molecule has 0 saturated heterocycles. The average Bonchev–Trinajstić information content (AvgIpc) is 2.47. The third-order valence-corrected chi connectivity index (χ3v) is 3.24. The third-order valence-electron chi connectivity index (χ3n) is 3.24. The second-order valence-electron chi connectivity index (χ2n) is 5.88. The van der Waals surface area contributed by atoms with Gasteiger partial charge in [-0.15, -0.1) is 0 Å². The number of amides is 2. The first-order valence-electron chi connectivity index (χ1n) is 7.83. The van der Waals surface area contributed by atoms with E-state index in [0.29, 0.717) is 12.5 Å². The summed E-state index contributed by atoms with van der Waals surface area (Å²) in [6, 6.07) is 5.63. The molecule has 124 valence electrons. The number of urea groups is 1. The Morgan fingerprint density at radius 1 is 1.32 bits per heavy atom. The van der Waals surface area contributed by atoms with Gasteiger partial charge >= 0.3 is 6.03 Å². The van der Waals surface area contributed by atoms with E-state index >= 15 is 0 Å². The number of aliphatic hydroxyl groups excluding tert-OH is 1. The molecule has 1 aromatic rings. The number of hydrogen-bond donors (Lipinski definition) is 3. The molecule has 0 aliphatic heterocycles. The molecule has 0 bridgehead atoms. The number of aliphatic hydroxyl groups is 1. The number of carbonyl (C=O) groups is 1. The monoisotopic (exact) mass is 308 g/mol. The fourth-order valence-corrected chi connectivity index (χ4v) is 2.07. The lowest BCUT2D eigenvalue weighted by Crippen LogP contribution is -2.37. The first kappa shape index (κ1) is 18.5. The fourth-order valence-electron chi connectivity index (χ4n) is 2.07. The van der Waals surface area contributed by atoms with Crippen LogP contribution in [0.15, 0.2) is 18.2 Å². The summed E-state index contributed by atoms with van der Waals surface area (Å²) in [5.74, 6) is 0.428. The number of nitrogens with one attached hydrogen (secondary N) is 2. The van der Waals surface area contributed by atoms with Gasteiger partial charge in [0.05, 0.1) is 12.7 Å². The van der Waals surface area contributed by atoms with Crippen molar-refractivity contribution >= 4 is 11.7 Å². The van der Waals surface area contributed by atoms with Crippen LogP contribution in [0.2, 0.25) is 0 Å². The van der Waals surface area contributed by atoms with E-state index in [4.69, 9.17) is 4.74 Å². The molecule has 0 saturated carbocycles. The molecule has 5 nitrogen and oxygen atoms in total. The molecule has 0 heterocycles. The highest BCUT2D eigenvalue weighted by Gasteiger charge is 2.10. The van der Waals surface area contributed by atoms with Gasteiger partial charge in [0, 0.05) is 18.8 Å². The lowest BCUT2D eigenvalue weighted by molar-refractivity contribution is 0.0274. The van der Waals surface area contributed by atoms with Crippen molar-refractivity contribution in [3.63, 3.8) is 0 Å². The zero-order valence-electron chi connectivity index (χ0n) is 14.0. The van der Waals surface area contributed by atoms with Crippen molar-refractivity contribution in [2.75, 3.05) is 25.1 Å². The number of aryl methyl sites for hydroxylation is 2. The highest BCUT2D eigenvalue weighted by atomic mass is 16.5. The highest BCUT2D eigenvalue weighted by molar-refractivity contribution is 5.91. The molecular formula is C17H28N2O3. The fraction of sp³-hybridized carbons (Fsp3) is 0.588. The number of carbonyl (C=O) groups excluding carboxylic acids is 1. The molecule has 2 amide bonds. The van der Waals surface area contributed by atoms with Crippen LogP contribution in [0.25, 0.3) is 0 Å². The minimum atomic E-state index is -0.702. The molecule has 0 aliphatic carbocycles. The second-order valence-corrected chi connectivity index (χ2v) is 5.88. The quantitative estimate of drug-likeness (QED) is 0.691. The zero-order valence-corrected chi connectivity index (χ0v) is 14.0. The third kappa shape index (κ3) is 6.45. The Morgan fingerprint density at radius 2 is 2.05 bits per heavy atom. The molecule has 22 heavy (non-hydrogen) atoms. The van der Waals surface area contributed by atoms with Gasteiger partial charge in [-0.1, -0.05) is 39.0 Å². The van der Waals surface area contributed by atoms with Gasteiger partial charge in [-0.05, 0) is 30.4 Å². The molecule has 1 unspecified atom stereocenters. The molecule has 0 radical (unpaired) electrons. The Kier molecular flexibility index (Phi) is 7.91. The van der Waals surface area contributed by atoms with Crippen molar-refractivity contribution in [2.45, 2.75) is 40.2 Å². The number of benzene rings is 1. The summed E-state index contributed by atoms with van der Waals surface area (Å²) in [5.41, 5.74) is 2.96. The number of para-hydroxylation sites is 1. The van der Waals surface area contributed by atoms with Crippen molar-refractivity contribution in [1.82, 2.24) is 5.32 Å². The molecule has 3 N–H and O–H groups in total. The van der Waals surface area contributed by atoms with E-state index in [1.54, 1.807) is 0 Å². The molecule has 0 fully saturated rings. The molecule has 5 heteroatoms. The summed E-state index contributed by atoms with van der Waals surface area (Å²) in [6.45, 7) is 9.10. The van der Waals surface area contributed by atoms with Gasteiger partial charge in [0.2, 0.25) is 0 Å². The van der Waals surface area contributed by atoms with E-state index < -0.39 is 6.10 Å². The Balaban J connectivity index is 2.41. The molecular weight excluding hydrogens is 280 g/mol. The van der Waals surface area contributed by atoms with Gasteiger partial charge in [-0.2, -0.15) is 0 Å². The predicted octanol–water partition coefficient (Wildman–Crippen LogP) is 2.71. The second kappa shape index (κ2) is 9.43. The first-order chi connectivity index (χ1) is 10.4. The van der Waals surface area contributed by atoms with Crippen LogP contribution < -0.4 is 10.6 Å². The van der Waals surface area contributed by atoms with E-state index in [-0.39, 0.29) is 19.2 Å². The van der Waals surface area contributed by atoms with Crippen LogP contribution in [0.5, 0.6) is 0 Å². The smallest absolute Gasteiger partial charge is 0.319 e. The van der Waals surface area contributed by atoms with Crippen molar-refractivity contribution in [3.05, 3.63) is 29.3 Å². The van der Waals surface area contributed by atoms with E-state index in [9.17, 15) is 9.90 Å². The van der Waals surface area contributed by atoms with Gasteiger partial charge in [-0.3, -0.25) is 0 Å². The normalized spacial score (nSPS) is 12.3. The van der Waals surface area contributed by atoms with Gasteiger partial charge < -0.3 is 20.5 Å². The Bertz CT molecular complexity index is 475. The zero-order chi connectivity index (χ0) is 16.5. The van der Waals surface area contributed by atoms with Crippen LogP contribution in [0.4, 0.5) is 10.5 Å². The standard InChI is InChI=1S/C17H28N2O3/c1-5-14-8-6-7-13(4)16(14)19-17(21)18-9-15(20)11-22-10-12(2)3/h6-8,12,15,20H,5,9-11H2,1-4H3,(H2,18,19,21). The Morgan fingerprint density at radius 3 is 2.68 bits per heavy atom. The molecule has 1 rings (SSSR count). The molecule has 0 aromatic heterocycles. The summed E-state index contributed by atoms with van der Waals surface area (Å²) >= 11 is 0. The minimum Gasteiger partial charge on any atom is -0.389 e. The number of rotatable bonds is 8. The molecule has 1 aromatic carbocycles. The van der Waals surface area contributed by atoms with Crippen molar-refractivity contribution in [2.24, 2.45) is 5.92 Å². The van der Waals surface area contributed by atoms with Crippen LogP contribution in [0.3, 0.4) is 0 Å². The van der Waals surface area contributed by atoms with E-state index in [1.807, 2.05) is 45.9 Å². The van der Waals surface area contributed by atoms with Crippen LogP contribution >= 0.6 is 0 Å². The van der Waals surface area contributed by atoms with E-state index in [0.717, 1.165) is 23.2 Å². The molecule has 1 atom stereocenters. The van der Waals surface area contributed by atoms with E-state index in [2.05, 4.69) is 10.6 Å². The lowest BCUT2D eigenvalue weighted by Gasteiger charge is -2.16. The van der Waals surface area contributed by atoms with Crippen molar-refractivity contribution in [1.29, 1.82) is 0 Å². The first-order valence-corrected chi connectivity index (χ1v) is 7.83. The average molecular weight is 308 g/mol.